The van der Waals surface area contributed by atoms with Gasteiger partial charge in [-0.25, -0.2) is 4.79 Å². The smallest absolute Gasteiger partial charge is 0.326 e. The minimum absolute atomic E-state index is 0.00625. The van der Waals surface area contributed by atoms with E-state index in [2.05, 4.69) is 27.8 Å². The number of H-pyrrole nitrogens is 1. The number of nitrogens with zero attached hydrogens (tertiary/aromatic N) is 5. The van der Waals surface area contributed by atoms with Gasteiger partial charge in [-0.15, -0.1) is 6.42 Å². The van der Waals surface area contributed by atoms with E-state index < -0.39 is 5.92 Å². The maximum atomic E-state index is 14.2. The van der Waals surface area contributed by atoms with Gasteiger partial charge < -0.3 is 25.4 Å². The summed E-state index contributed by atoms with van der Waals surface area (Å²) < 4.78 is 1.83. The molecule has 248 valence electrons. The fraction of sp³-hybridized carbons (Fsp3) is 0.528. The van der Waals surface area contributed by atoms with Gasteiger partial charge in [0, 0.05) is 75.4 Å². The number of hydrogen-bond donors (Lipinski definition) is 2. The molecule has 0 radical (unpaired) electrons. The van der Waals surface area contributed by atoms with Crippen molar-refractivity contribution in [3.05, 3.63) is 63.0 Å². The lowest BCUT2D eigenvalue weighted by Gasteiger charge is -2.42. The van der Waals surface area contributed by atoms with Gasteiger partial charge >= 0.3 is 5.69 Å². The van der Waals surface area contributed by atoms with Gasteiger partial charge in [0.15, 0.2) is 0 Å². The van der Waals surface area contributed by atoms with E-state index >= 15 is 0 Å². The van der Waals surface area contributed by atoms with Crippen molar-refractivity contribution in [3.8, 4) is 12.3 Å². The summed E-state index contributed by atoms with van der Waals surface area (Å²) in [5.74, 6) is 2.02. The highest BCUT2D eigenvalue weighted by Gasteiger charge is 2.45. The molecule has 0 aliphatic carbocycles. The number of hydrogen-bond acceptors (Lipinski definition) is 6. The van der Waals surface area contributed by atoms with Gasteiger partial charge in [-0.1, -0.05) is 29.7 Å². The molecule has 10 nitrogen and oxygen atoms in total. The molecular formula is C36H44ClN7O3. The molecule has 7 rings (SSSR count). The molecule has 2 unspecified atom stereocenters. The molecule has 3 aromatic rings. The lowest BCUT2D eigenvalue weighted by molar-refractivity contribution is -0.143. The van der Waals surface area contributed by atoms with Gasteiger partial charge in [0.1, 0.15) is 0 Å². The number of piperazine rings is 1. The van der Waals surface area contributed by atoms with Crippen LogP contribution in [0.3, 0.4) is 0 Å². The Hall–Kier alpha value is -3.78. The third-order valence-electron chi connectivity index (χ3n) is 11.2. The number of imidazole rings is 1. The van der Waals surface area contributed by atoms with Crippen molar-refractivity contribution in [1.82, 2.24) is 29.2 Å². The summed E-state index contributed by atoms with van der Waals surface area (Å²) in [6.45, 7) is 4.71. The second kappa shape index (κ2) is 13.0. The fourth-order valence-electron chi connectivity index (χ4n) is 8.61. The van der Waals surface area contributed by atoms with Gasteiger partial charge in [-0.2, -0.15) is 0 Å². The summed E-state index contributed by atoms with van der Waals surface area (Å²) in [6.07, 6.45) is 10.7. The third kappa shape index (κ3) is 6.17. The van der Waals surface area contributed by atoms with E-state index in [1.165, 1.54) is 6.42 Å². The SMILES string of the molecule is C#Cc1cc(C[C@@H](CC(=O)N2CCC(n3c(=O)[nH]c4ccccc43)CC2)C(=O)N2CCC(N3CC4CC3CN4C)CC2)cc(Cl)c1N. The van der Waals surface area contributed by atoms with E-state index in [1.807, 2.05) is 44.7 Å². The molecule has 1 aromatic heterocycles. The van der Waals surface area contributed by atoms with Crippen molar-refractivity contribution >= 4 is 40.1 Å². The number of nitrogens with two attached hydrogens (primary N) is 1. The average Bonchev–Trinajstić information content (AvgIpc) is 3.77. The molecule has 2 aromatic carbocycles. The van der Waals surface area contributed by atoms with E-state index in [4.69, 9.17) is 23.8 Å². The number of amides is 2. The van der Waals surface area contributed by atoms with E-state index in [0.29, 0.717) is 79.8 Å². The van der Waals surface area contributed by atoms with Crippen LogP contribution in [-0.2, 0) is 16.0 Å². The molecule has 4 aliphatic heterocycles. The van der Waals surface area contributed by atoms with Gasteiger partial charge in [0.25, 0.3) is 0 Å². The van der Waals surface area contributed by atoms with Crippen LogP contribution in [0.2, 0.25) is 5.02 Å². The van der Waals surface area contributed by atoms with Crippen molar-refractivity contribution < 1.29 is 9.59 Å². The largest absolute Gasteiger partial charge is 0.397 e. The number of fused-ring (bicyclic) bond motifs is 3. The Morgan fingerprint density at radius 2 is 1.70 bits per heavy atom. The lowest BCUT2D eigenvalue weighted by atomic mass is 9.91. The van der Waals surface area contributed by atoms with E-state index in [1.54, 1.807) is 6.07 Å². The Kier molecular flexibility index (Phi) is 8.81. The third-order valence-corrected chi connectivity index (χ3v) is 11.5. The molecule has 2 amide bonds. The first-order chi connectivity index (χ1) is 22.7. The normalized spacial score (nSPS) is 23.4. The Morgan fingerprint density at radius 3 is 2.38 bits per heavy atom. The summed E-state index contributed by atoms with van der Waals surface area (Å²) in [5.41, 5.74) is 9.30. The highest BCUT2D eigenvalue weighted by molar-refractivity contribution is 6.33. The van der Waals surface area contributed by atoms with Crippen LogP contribution in [0.5, 0.6) is 0 Å². The van der Waals surface area contributed by atoms with Crippen LogP contribution in [-0.4, -0.2) is 105 Å². The van der Waals surface area contributed by atoms with Crippen LogP contribution in [0.15, 0.2) is 41.2 Å². The summed E-state index contributed by atoms with van der Waals surface area (Å²) >= 11 is 6.43. The number of nitrogen functional groups attached to an aromatic ring is 1. The van der Waals surface area contributed by atoms with Crippen molar-refractivity contribution in [3.63, 3.8) is 0 Å². The van der Waals surface area contributed by atoms with E-state index in [-0.39, 0.29) is 30.0 Å². The molecule has 3 atom stereocenters. The number of benzene rings is 2. The highest BCUT2D eigenvalue weighted by atomic mass is 35.5. The van der Waals surface area contributed by atoms with Crippen molar-refractivity contribution in [2.24, 2.45) is 5.92 Å². The number of likely N-dealkylation sites (N-methyl/N-ethyl adjacent to an activating group) is 1. The predicted molar refractivity (Wildman–Crippen MR) is 184 cm³/mol. The first-order valence-electron chi connectivity index (χ1n) is 17.0. The van der Waals surface area contributed by atoms with Crippen molar-refractivity contribution in [2.75, 3.05) is 52.0 Å². The zero-order chi connectivity index (χ0) is 32.8. The number of piperidine rings is 2. The number of nitrogens with one attached hydrogen (secondary N) is 1. The van der Waals surface area contributed by atoms with Crippen LogP contribution < -0.4 is 11.4 Å². The van der Waals surface area contributed by atoms with Crippen molar-refractivity contribution in [1.29, 1.82) is 0 Å². The first-order valence-corrected chi connectivity index (χ1v) is 17.3. The molecule has 3 N–H and O–H groups in total. The molecule has 5 heterocycles. The minimum Gasteiger partial charge on any atom is -0.397 e. The number of carbonyl (C=O) groups excluding carboxylic acids is 2. The second-order valence-electron chi connectivity index (χ2n) is 14.0. The predicted octanol–water partition coefficient (Wildman–Crippen LogP) is 3.34. The number of aromatic amines is 1. The maximum Gasteiger partial charge on any atom is 0.326 e. The highest BCUT2D eigenvalue weighted by Crippen LogP contribution is 2.35. The van der Waals surface area contributed by atoms with Crippen LogP contribution in [0.1, 0.15) is 55.7 Å². The minimum atomic E-state index is -0.547. The maximum absolute atomic E-state index is 14.2. The molecule has 4 saturated heterocycles. The molecule has 4 fully saturated rings. The van der Waals surface area contributed by atoms with Gasteiger partial charge in [0.2, 0.25) is 11.8 Å². The fourth-order valence-corrected chi connectivity index (χ4v) is 8.85. The quantitative estimate of drug-likeness (QED) is 0.298. The number of likely N-dealkylation sites (tertiary alicyclic amines) is 4. The Balaban J connectivity index is 1.03. The molecule has 11 heteroatoms. The lowest BCUT2D eigenvalue weighted by Crippen LogP contribution is -2.54. The standard InChI is InChI=1S/C36H44ClN7O3/c1-3-24-16-23(18-30(37)34(24)38)17-25(35(46)42-14-8-26(9-15-42)43-22-28-20-29(43)21-40(28)2)19-33(45)41-12-10-27(11-13-41)44-32-7-5-4-6-31(32)39-36(44)47/h1,4-7,16,18,25-29H,8-15,17,19-22,38H2,2H3,(H,39,47)/t25-,28?,29?/m0/s1. The van der Waals surface area contributed by atoms with E-state index in [9.17, 15) is 14.4 Å². The number of anilines is 1. The molecular weight excluding hydrogens is 614 g/mol. The Labute approximate surface area is 280 Å². The van der Waals surface area contributed by atoms with Crippen LogP contribution in [0.4, 0.5) is 5.69 Å². The van der Waals surface area contributed by atoms with Gasteiger partial charge in [0.05, 0.1) is 27.7 Å². The monoisotopic (exact) mass is 657 g/mol. The molecule has 2 bridgehead atoms. The van der Waals surface area contributed by atoms with Gasteiger partial charge in [-0.3, -0.25) is 19.1 Å². The van der Waals surface area contributed by atoms with Crippen LogP contribution in [0.25, 0.3) is 11.0 Å². The molecule has 0 saturated carbocycles. The van der Waals surface area contributed by atoms with Crippen LogP contribution in [0, 0.1) is 18.3 Å². The number of para-hydroxylation sites is 2. The number of halogens is 1. The second-order valence-corrected chi connectivity index (χ2v) is 14.4. The number of carbonyl (C=O) groups is 2. The molecule has 0 spiro atoms. The zero-order valence-electron chi connectivity index (χ0n) is 27.0. The average molecular weight is 658 g/mol. The summed E-state index contributed by atoms with van der Waals surface area (Å²) in [5, 5.41) is 0.356. The zero-order valence-corrected chi connectivity index (χ0v) is 27.8. The summed E-state index contributed by atoms with van der Waals surface area (Å²) in [7, 11) is 2.22. The van der Waals surface area contributed by atoms with Gasteiger partial charge in [-0.05, 0) is 75.4 Å². The first kappa shape index (κ1) is 31.8. The number of terminal acetylenes is 1. The summed E-state index contributed by atoms with van der Waals surface area (Å²) in [4.78, 5) is 52.7. The Morgan fingerprint density at radius 1 is 1.00 bits per heavy atom. The number of aromatic nitrogens is 2. The topological polar surface area (TPSA) is 111 Å². The van der Waals surface area contributed by atoms with Crippen LogP contribution >= 0.6 is 11.6 Å². The summed E-state index contributed by atoms with van der Waals surface area (Å²) in [6, 6.07) is 13.1. The Bertz CT molecular complexity index is 1760. The van der Waals surface area contributed by atoms with E-state index in [0.717, 1.165) is 42.5 Å². The molecule has 4 aliphatic rings. The van der Waals surface area contributed by atoms with Crippen molar-refractivity contribution in [2.45, 2.75) is 69.1 Å². The number of rotatable bonds is 7. The molecule has 47 heavy (non-hydrogen) atoms.